The lowest BCUT2D eigenvalue weighted by Gasteiger charge is -2.27. The molecule has 0 saturated carbocycles. The third kappa shape index (κ3) is 7.81. The summed E-state index contributed by atoms with van der Waals surface area (Å²) >= 11 is 0. The van der Waals surface area contributed by atoms with Crippen LogP contribution >= 0.6 is 0 Å². The molecule has 28 heavy (non-hydrogen) atoms. The minimum Gasteiger partial charge on any atom is -0.480 e. The van der Waals surface area contributed by atoms with E-state index in [0.717, 1.165) is 0 Å². The average Bonchev–Trinajstić information content (AvgIpc) is 2.65. The fourth-order valence-corrected chi connectivity index (χ4v) is 2.38. The van der Waals surface area contributed by atoms with E-state index in [1.165, 1.54) is 6.92 Å². The van der Waals surface area contributed by atoms with Crippen molar-refractivity contribution in [2.24, 2.45) is 17.6 Å². The van der Waals surface area contributed by atoms with Crippen molar-refractivity contribution in [2.75, 3.05) is 6.61 Å². The maximum Gasteiger partial charge on any atom is 0.326 e. The third-order valence-corrected chi connectivity index (χ3v) is 4.80. The second kappa shape index (κ2) is 12.3. The molecule has 10 heteroatoms. The van der Waals surface area contributed by atoms with Crippen molar-refractivity contribution in [3.8, 4) is 0 Å². The molecule has 0 aliphatic carbocycles. The third-order valence-electron chi connectivity index (χ3n) is 4.80. The fraction of sp³-hybridized carbons (Fsp3) is 0.778. The highest BCUT2D eigenvalue weighted by Crippen LogP contribution is 2.10. The zero-order valence-corrected chi connectivity index (χ0v) is 17.2. The van der Waals surface area contributed by atoms with Crippen molar-refractivity contribution in [3.63, 3.8) is 0 Å². The Morgan fingerprint density at radius 2 is 1.29 bits per heavy atom. The number of carbonyl (C=O) groups excluding carboxylic acids is 3. The lowest BCUT2D eigenvalue weighted by Crippen LogP contribution is -2.59. The molecule has 6 atom stereocenters. The zero-order valence-electron chi connectivity index (χ0n) is 17.2. The zero-order chi connectivity index (χ0) is 22.0. The van der Waals surface area contributed by atoms with E-state index in [9.17, 15) is 29.4 Å². The fourth-order valence-electron chi connectivity index (χ4n) is 2.38. The summed E-state index contributed by atoms with van der Waals surface area (Å²) in [6.45, 7) is 7.81. The van der Waals surface area contributed by atoms with Crippen LogP contribution in [0.2, 0.25) is 0 Å². The molecule has 0 saturated heterocycles. The van der Waals surface area contributed by atoms with E-state index in [1.54, 1.807) is 20.8 Å². The van der Waals surface area contributed by atoms with Gasteiger partial charge in [0.05, 0.1) is 12.6 Å². The molecule has 7 N–H and O–H groups in total. The van der Waals surface area contributed by atoms with E-state index in [2.05, 4.69) is 16.0 Å². The molecule has 0 aromatic carbocycles. The number of aliphatic hydroxyl groups excluding tert-OH is 1. The number of aliphatic hydroxyl groups is 1. The molecule has 0 aliphatic rings. The predicted octanol–water partition coefficient (Wildman–Crippen LogP) is -1.04. The predicted molar refractivity (Wildman–Crippen MR) is 103 cm³/mol. The average molecular weight is 402 g/mol. The summed E-state index contributed by atoms with van der Waals surface area (Å²) in [7, 11) is 0. The first-order valence-electron chi connectivity index (χ1n) is 9.50. The van der Waals surface area contributed by atoms with Crippen LogP contribution < -0.4 is 21.7 Å². The number of carbonyl (C=O) groups is 4. The summed E-state index contributed by atoms with van der Waals surface area (Å²) in [5.41, 5.74) is 5.52. The SMILES string of the molecule is CCC(C)C(NC(=O)C(CO)NC(=O)C(NC(=O)C(C)N)C(C)CC)C(=O)O. The van der Waals surface area contributed by atoms with Gasteiger partial charge in [-0.25, -0.2) is 4.79 Å². The summed E-state index contributed by atoms with van der Waals surface area (Å²) in [6.07, 6.45) is 1.09. The van der Waals surface area contributed by atoms with Crippen molar-refractivity contribution >= 4 is 23.7 Å². The van der Waals surface area contributed by atoms with Gasteiger partial charge in [-0.15, -0.1) is 0 Å². The van der Waals surface area contributed by atoms with E-state index < -0.39 is 54.5 Å². The van der Waals surface area contributed by atoms with Crippen LogP contribution in [0.15, 0.2) is 0 Å². The number of nitrogens with one attached hydrogen (secondary N) is 3. The Morgan fingerprint density at radius 1 is 0.821 bits per heavy atom. The molecule has 0 radical (unpaired) electrons. The first-order valence-corrected chi connectivity index (χ1v) is 9.50. The summed E-state index contributed by atoms with van der Waals surface area (Å²) < 4.78 is 0. The van der Waals surface area contributed by atoms with Gasteiger partial charge in [0.1, 0.15) is 18.1 Å². The normalized spacial score (nSPS) is 17.4. The Kier molecular flexibility index (Phi) is 11.3. The van der Waals surface area contributed by atoms with Crippen molar-refractivity contribution in [2.45, 2.75) is 71.6 Å². The van der Waals surface area contributed by atoms with Gasteiger partial charge in [-0.3, -0.25) is 14.4 Å². The van der Waals surface area contributed by atoms with Crippen molar-refractivity contribution in [3.05, 3.63) is 0 Å². The van der Waals surface area contributed by atoms with Gasteiger partial charge < -0.3 is 31.9 Å². The number of amides is 3. The monoisotopic (exact) mass is 402 g/mol. The van der Waals surface area contributed by atoms with E-state index in [4.69, 9.17) is 5.73 Å². The van der Waals surface area contributed by atoms with Gasteiger partial charge in [0.2, 0.25) is 17.7 Å². The Morgan fingerprint density at radius 3 is 1.68 bits per heavy atom. The number of carboxylic acids is 1. The molecule has 0 rings (SSSR count). The molecular formula is C18H34N4O6. The molecule has 162 valence electrons. The molecule has 6 unspecified atom stereocenters. The molecule has 0 fully saturated rings. The molecule has 10 nitrogen and oxygen atoms in total. The largest absolute Gasteiger partial charge is 0.480 e. The summed E-state index contributed by atoms with van der Waals surface area (Å²) in [5.74, 6) is -3.79. The van der Waals surface area contributed by atoms with Crippen LogP contribution in [0.5, 0.6) is 0 Å². The summed E-state index contributed by atoms with van der Waals surface area (Å²) in [5, 5.41) is 26.1. The van der Waals surface area contributed by atoms with Crippen LogP contribution in [0, 0.1) is 11.8 Å². The highest BCUT2D eigenvalue weighted by Gasteiger charge is 2.32. The van der Waals surface area contributed by atoms with E-state index in [0.29, 0.717) is 12.8 Å². The lowest BCUT2D eigenvalue weighted by molar-refractivity contribution is -0.144. The van der Waals surface area contributed by atoms with Crippen LogP contribution in [0.1, 0.15) is 47.5 Å². The molecule has 0 heterocycles. The second-order valence-corrected chi connectivity index (χ2v) is 7.11. The lowest BCUT2D eigenvalue weighted by atomic mass is 9.97. The van der Waals surface area contributed by atoms with Gasteiger partial charge in [-0.2, -0.15) is 0 Å². The van der Waals surface area contributed by atoms with Crippen LogP contribution in [-0.4, -0.2) is 64.7 Å². The Balaban J connectivity index is 5.26. The highest BCUT2D eigenvalue weighted by atomic mass is 16.4. The highest BCUT2D eigenvalue weighted by molar-refractivity contribution is 5.94. The molecular weight excluding hydrogens is 368 g/mol. The number of carboxylic acid groups (broad SMARTS) is 1. The molecule has 0 bridgehead atoms. The smallest absolute Gasteiger partial charge is 0.326 e. The Hall–Kier alpha value is -2.20. The van der Waals surface area contributed by atoms with Crippen molar-refractivity contribution < 1.29 is 29.4 Å². The number of hydrogen-bond acceptors (Lipinski definition) is 6. The number of aliphatic carboxylic acids is 1. The molecule has 0 aliphatic heterocycles. The number of nitrogens with two attached hydrogens (primary N) is 1. The maximum absolute atomic E-state index is 12.6. The Labute approximate surface area is 165 Å². The van der Waals surface area contributed by atoms with Gasteiger partial charge in [-0.05, 0) is 18.8 Å². The molecule has 3 amide bonds. The molecule has 0 aromatic heterocycles. The molecule has 0 spiro atoms. The molecule has 0 aromatic rings. The minimum absolute atomic E-state index is 0.253. The standard InChI is InChI=1S/C18H34N4O6/c1-6-9(3)13(21-15(24)11(5)19)17(26)20-12(8-23)16(25)22-14(18(27)28)10(4)7-2/h9-14,23H,6-8,19H2,1-5H3,(H,20,26)(H,21,24)(H,22,25)(H,27,28). The van der Waals surface area contributed by atoms with Crippen molar-refractivity contribution in [1.82, 2.24) is 16.0 Å². The van der Waals surface area contributed by atoms with Crippen LogP contribution in [0.4, 0.5) is 0 Å². The van der Waals surface area contributed by atoms with E-state index in [-0.39, 0.29) is 11.8 Å². The second-order valence-electron chi connectivity index (χ2n) is 7.11. The summed E-state index contributed by atoms with van der Waals surface area (Å²) in [4.78, 5) is 48.2. The summed E-state index contributed by atoms with van der Waals surface area (Å²) in [6, 6.07) is -4.26. The van der Waals surface area contributed by atoms with Gasteiger partial charge in [0.15, 0.2) is 0 Å². The first-order chi connectivity index (χ1) is 13.0. The van der Waals surface area contributed by atoms with Gasteiger partial charge in [0, 0.05) is 0 Å². The van der Waals surface area contributed by atoms with Gasteiger partial charge >= 0.3 is 5.97 Å². The topological polar surface area (TPSA) is 171 Å². The maximum atomic E-state index is 12.6. The van der Waals surface area contributed by atoms with Crippen molar-refractivity contribution in [1.29, 1.82) is 0 Å². The quantitative estimate of drug-likeness (QED) is 0.242. The van der Waals surface area contributed by atoms with Gasteiger partial charge in [0.25, 0.3) is 0 Å². The van der Waals surface area contributed by atoms with E-state index in [1.807, 2.05) is 6.92 Å². The van der Waals surface area contributed by atoms with Crippen LogP contribution in [0.25, 0.3) is 0 Å². The van der Waals surface area contributed by atoms with Crippen LogP contribution in [0.3, 0.4) is 0 Å². The van der Waals surface area contributed by atoms with Gasteiger partial charge in [-0.1, -0.05) is 40.5 Å². The minimum atomic E-state index is -1.35. The first kappa shape index (κ1) is 25.8. The van der Waals surface area contributed by atoms with E-state index >= 15 is 0 Å². The number of rotatable bonds is 12. The Bertz CT molecular complexity index is 554. The number of hydrogen-bond donors (Lipinski definition) is 6. The van der Waals surface area contributed by atoms with Crippen LogP contribution in [-0.2, 0) is 19.2 Å².